The summed E-state index contributed by atoms with van der Waals surface area (Å²) in [7, 11) is 0. The topological polar surface area (TPSA) is 99.2 Å². The van der Waals surface area contributed by atoms with Crippen LogP contribution in [0.25, 0.3) is 0 Å². The smallest absolute Gasteiger partial charge is 0.304 e. The van der Waals surface area contributed by atoms with Crippen LogP contribution >= 0.6 is 0 Å². The third-order valence-corrected chi connectivity index (χ3v) is 6.93. The van der Waals surface area contributed by atoms with Gasteiger partial charge >= 0.3 is 5.97 Å². The first-order chi connectivity index (χ1) is 16.0. The third kappa shape index (κ3) is 3.64. The highest BCUT2D eigenvalue weighted by Gasteiger charge is 2.60. The fourth-order valence-electron chi connectivity index (χ4n) is 5.55. The van der Waals surface area contributed by atoms with Crippen LogP contribution in [0.5, 0.6) is 5.75 Å². The number of carboxylic acid groups (broad SMARTS) is 1. The van der Waals surface area contributed by atoms with Gasteiger partial charge in [-0.3, -0.25) is 19.3 Å². The maximum atomic E-state index is 14.1. The normalized spacial score (nSPS) is 25.0. The monoisotopic (exact) mass is 449 g/mol. The molecule has 33 heavy (non-hydrogen) atoms. The lowest BCUT2D eigenvalue weighted by Gasteiger charge is -2.35. The zero-order chi connectivity index (χ0) is 23.0. The molecule has 5 rings (SSSR count). The summed E-state index contributed by atoms with van der Waals surface area (Å²) in [6, 6.07) is 15.1. The number of anilines is 1. The summed E-state index contributed by atoms with van der Waals surface area (Å²) in [4.78, 5) is 41.9. The highest BCUT2D eigenvalue weighted by molar-refractivity contribution is 6.11. The van der Waals surface area contributed by atoms with Crippen LogP contribution in [-0.4, -0.2) is 60.6 Å². The molecule has 8 heteroatoms. The van der Waals surface area contributed by atoms with Gasteiger partial charge < -0.3 is 20.1 Å². The lowest BCUT2D eigenvalue weighted by Crippen LogP contribution is -2.47. The number of carbonyl (C=O) groups is 3. The van der Waals surface area contributed by atoms with E-state index >= 15 is 0 Å². The molecule has 0 unspecified atom stereocenters. The summed E-state index contributed by atoms with van der Waals surface area (Å²) >= 11 is 0. The molecule has 1 saturated heterocycles. The molecule has 3 aliphatic rings. The van der Waals surface area contributed by atoms with Crippen LogP contribution < -0.4 is 15.0 Å². The van der Waals surface area contributed by atoms with Crippen LogP contribution in [-0.2, 0) is 19.8 Å². The minimum absolute atomic E-state index is 0.00920. The number of carbonyl (C=O) groups excluding carboxylic acids is 2. The Morgan fingerprint density at radius 3 is 2.88 bits per heavy atom. The summed E-state index contributed by atoms with van der Waals surface area (Å²) < 4.78 is 5.92. The van der Waals surface area contributed by atoms with E-state index in [4.69, 9.17) is 4.74 Å². The van der Waals surface area contributed by atoms with Crippen molar-refractivity contribution in [1.82, 2.24) is 10.2 Å². The Labute approximate surface area is 192 Å². The second-order valence-corrected chi connectivity index (χ2v) is 8.84. The van der Waals surface area contributed by atoms with Crippen molar-refractivity contribution in [3.8, 4) is 5.75 Å². The average molecular weight is 450 g/mol. The summed E-state index contributed by atoms with van der Waals surface area (Å²) in [6.45, 7) is 1.82. The van der Waals surface area contributed by atoms with Gasteiger partial charge in [0, 0.05) is 25.3 Å². The largest absolute Gasteiger partial charge is 0.494 e. The molecule has 1 spiro atoms. The van der Waals surface area contributed by atoms with Gasteiger partial charge in [0.15, 0.2) is 0 Å². The predicted octanol–water partition coefficient (Wildman–Crippen LogP) is 2.09. The van der Waals surface area contributed by atoms with Gasteiger partial charge in [-0.15, -0.1) is 0 Å². The van der Waals surface area contributed by atoms with Crippen LogP contribution in [0.3, 0.4) is 0 Å². The molecule has 0 aliphatic carbocycles. The number of nitrogens with one attached hydrogen (secondary N) is 1. The van der Waals surface area contributed by atoms with Gasteiger partial charge in [0.05, 0.1) is 24.5 Å². The van der Waals surface area contributed by atoms with E-state index in [1.807, 2.05) is 48.5 Å². The molecule has 172 valence electrons. The molecule has 0 saturated carbocycles. The van der Waals surface area contributed by atoms with Crippen molar-refractivity contribution in [3.63, 3.8) is 0 Å². The number of fused-ring (bicyclic) bond motifs is 6. The molecular formula is C25H27N3O5. The molecule has 2 aromatic rings. The first kappa shape index (κ1) is 21.5. The molecule has 2 aromatic carbocycles. The molecule has 0 aromatic heterocycles. The van der Waals surface area contributed by atoms with E-state index in [-0.39, 0.29) is 30.8 Å². The summed E-state index contributed by atoms with van der Waals surface area (Å²) in [5, 5.41) is 12.2. The zero-order valence-electron chi connectivity index (χ0n) is 18.3. The van der Waals surface area contributed by atoms with Crippen molar-refractivity contribution in [2.75, 3.05) is 37.7 Å². The quantitative estimate of drug-likeness (QED) is 0.745. The van der Waals surface area contributed by atoms with E-state index < -0.39 is 11.4 Å². The van der Waals surface area contributed by atoms with E-state index in [0.717, 1.165) is 16.8 Å². The molecule has 8 nitrogen and oxygen atoms in total. The second-order valence-electron chi connectivity index (χ2n) is 8.84. The fourth-order valence-corrected chi connectivity index (χ4v) is 5.55. The first-order valence-electron chi connectivity index (χ1n) is 11.4. The van der Waals surface area contributed by atoms with Gasteiger partial charge in [-0.2, -0.15) is 0 Å². The van der Waals surface area contributed by atoms with Crippen LogP contribution in [0, 0.1) is 0 Å². The highest BCUT2D eigenvalue weighted by Crippen LogP contribution is 2.56. The van der Waals surface area contributed by atoms with Crippen molar-refractivity contribution in [2.24, 2.45) is 0 Å². The van der Waals surface area contributed by atoms with Crippen molar-refractivity contribution in [3.05, 3.63) is 59.7 Å². The zero-order valence-corrected chi connectivity index (χ0v) is 18.3. The minimum Gasteiger partial charge on any atom is -0.494 e. The number of carboxylic acids is 1. The number of benzene rings is 2. The Morgan fingerprint density at radius 2 is 2.03 bits per heavy atom. The number of rotatable bonds is 3. The molecule has 0 radical (unpaired) electrons. The maximum absolute atomic E-state index is 14.1. The second kappa shape index (κ2) is 8.51. The highest BCUT2D eigenvalue weighted by atomic mass is 16.5. The molecule has 2 N–H and O–H groups in total. The standard InChI is InChI=1S/C25H27N3O5/c29-21-16-28-20-8-2-1-7-19(20)25(24(28)32)10-13-27(12-9-22(30)31)23(25)17-5-3-6-18(15-17)33-14-4-11-26-21/h1-3,5-8,15,23H,4,9-14,16H2,(H,26,29)(H,30,31)/t23-,25+/m0/s1. The van der Waals surface area contributed by atoms with E-state index in [2.05, 4.69) is 10.2 Å². The lowest BCUT2D eigenvalue weighted by atomic mass is 9.72. The summed E-state index contributed by atoms with van der Waals surface area (Å²) in [6.07, 6.45) is 1.19. The van der Waals surface area contributed by atoms with Gasteiger partial charge in [-0.1, -0.05) is 30.3 Å². The number of hydrogen-bond acceptors (Lipinski definition) is 5. The van der Waals surface area contributed by atoms with Crippen LogP contribution in [0.1, 0.15) is 36.4 Å². The van der Waals surface area contributed by atoms with E-state index in [0.29, 0.717) is 44.8 Å². The SMILES string of the molecule is O=C(O)CCN1CC[C@]23C(=O)N(CC(=O)NCCCOc4cccc(c4)[C@H]12)c1ccccc13. The third-order valence-electron chi connectivity index (χ3n) is 6.93. The van der Waals surface area contributed by atoms with E-state index in [1.54, 1.807) is 4.90 Å². The van der Waals surface area contributed by atoms with Gasteiger partial charge in [0.25, 0.3) is 0 Å². The predicted molar refractivity (Wildman–Crippen MR) is 121 cm³/mol. The first-order valence-corrected chi connectivity index (χ1v) is 11.4. The van der Waals surface area contributed by atoms with Crippen LogP contribution in [0.4, 0.5) is 5.69 Å². The number of hydrogen-bond donors (Lipinski definition) is 2. The van der Waals surface area contributed by atoms with Gasteiger partial charge in [0.2, 0.25) is 11.8 Å². The molecule has 3 heterocycles. The molecule has 4 bridgehead atoms. The molecule has 2 amide bonds. The van der Waals surface area contributed by atoms with Crippen molar-refractivity contribution in [2.45, 2.75) is 30.7 Å². The molecule has 2 atom stereocenters. The Balaban J connectivity index is 1.67. The van der Waals surface area contributed by atoms with Gasteiger partial charge in [0.1, 0.15) is 12.3 Å². The Morgan fingerprint density at radius 1 is 1.18 bits per heavy atom. The number of para-hydroxylation sites is 1. The minimum atomic E-state index is -0.891. The number of nitrogens with zero attached hydrogens (tertiary/aromatic N) is 2. The fraction of sp³-hybridized carbons (Fsp3) is 0.400. The lowest BCUT2D eigenvalue weighted by molar-refractivity contribution is -0.137. The number of amides is 2. The molecular weight excluding hydrogens is 422 g/mol. The number of aliphatic carboxylic acids is 1. The average Bonchev–Trinajstić information content (AvgIpc) is 3.30. The van der Waals surface area contributed by atoms with E-state index in [1.165, 1.54) is 0 Å². The Bertz CT molecular complexity index is 1100. The van der Waals surface area contributed by atoms with Crippen molar-refractivity contribution >= 4 is 23.5 Å². The van der Waals surface area contributed by atoms with Gasteiger partial charge in [-0.25, -0.2) is 0 Å². The summed E-state index contributed by atoms with van der Waals surface area (Å²) in [5.41, 5.74) is 1.68. The van der Waals surface area contributed by atoms with E-state index in [9.17, 15) is 19.5 Å². The molecule has 3 aliphatic heterocycles. The van der Waals surface area contributed by atoms with Gasteiger partial charge in [-0.05, 0) is 42.2 Å². The number of ether oxygens (including phenoxy) is 1. The Kier molecular flexibility index (Phi) is 5.54. The maximum Gasteiger partial charge on any atom is 0.304 e. The Hall–Kier alpha value is -3.39. The summed E-state index contributed by atoms with van der Waals surface area (Å²) in [5.74, 6) is -0.481. The van der Waals surface area contributed by atoms with Crippen molar-refractivity contribution in [1.29, 1.82) is 0 Å². The van der Waals surface area contributed by atoms with Crippen molar-refractivity contribution < 1.29 is 24.2 Å². The molecule has 1 fully saturated rings. The number of likely N-dealkylation sites (tertiary alicyclic amines) is 1. The van der Waals surface area contributed by atoms with Crippen LogP contribution in [0.2, 0.25) is 0 Å². The van der Waals surface area contributed by atoms with Crippen LogP contribution in [0.15, 0.2) is 48.5 Å².